The predicted molar refractivity (Wildman–Crippen MR) is 126 cm³/mol. The number of primary amides is 1. The molecule has 2 amide bonds. The van der Waals surface area contributed by atoms with Crippen LogP contribution in [0.2, 0.25) is 5.02 Å². The van der Waals surface area contributed by atoms with Crippen molar-refractivity contribution in [3.63, 3.8) is 0 Å². The van der Waals surface area contributed by atoms with Gasteiger partial charge in [0.1, 0.15) is 10.7 Å². The van der Waals surface area contributed by atoms with Crippen LogP contribution in [0.25, 0.3) is 11.3 Å². The van der Waals surface area contributed by atoms with Gasteiger partial charge in [0.05, 0.1) is 22.6 Å². The van der Waals surface area contributed by atoms with Crippen molar-refractivity contribution < 1.29 is 18.2 Å². The Morgan fingerprint density at radius 1 is 1.25 bits per heavy atom. The van der Waals surface area contributed by atoms with Gasteiger partial charge in [0, 0.05) is 12.5 Å². The van der Waals surface area contributed by atoms with Gasteiger partial charge >= 0.3 is 0 Å². The van der Waals surface area contributed by atoms with Gasteiger partial charge in [0.25, 0.3) is 5.91 Å². The lowest BCUT2D eigenvalue weighted by Gasteiger charge is -2.08. The van der Waals surface area contributed by atoms with E-state index in [0.717, 1.165) is 17.4 Å². The van der Waals surface area contributed by atoms with Crippen molar-refractivity contribution in [1.82, 2.24) is 9.97 Å². The molecule has 0 radical (unpaired) electrons. The molecule has 0 fully saturated rings. The Morgan fingerprint density at radius 2 is 1.94 bits per heavy atom. The number of benzene rings is 1. The van der Waals surface area contributed by atoms with E-state index in [-0.39, 0.29) is 31.7 Å². The number of hydrogen-bond donors (Lipinski definition) is 3. The van der Waals surface area contributed by atoms with E-state index >= 15 is 0 Å². The molecule has 0 spiro atoms. The van der Waals surface area contributed by atoms with Crippen LogP contribution in [0.3, 0.4) is 0 Å². The first-order chi connectivity index (χ1) is 15.2. The number of hydrogen-bond acceptors (Lipinski definition) is 6. The summed E-state index contributed by atoms with van der Waals surface area (Å²) in [4.78, 5) is 31.5. The van der Waals surface area contributed by atoms with Gasteiger partial charge in [-0.25, -0.2) is 18.6 Å². The van der Waals surface area contributed by atoms with Gasteiger partial charge in [0.2, 0.25) is 5.91 Å². The number of carbonyl (C=O) groups excluding carboxylic acids is 2. The molecule has 1 unspecified atom stereocenters. The molecule has 170 valence electrons. The molecule has 32 heavy (non-hydrogen) atoms. The number of pyridine rings is 1. The van der Waals surface area contributed by atoms with Crippen LogP contribution in [0.1, 0.15) is 36.0 Å². The highest BCUT2D eigenvalue weighted by molar-refractivity contribution is 7.86. The van der Waals surface area contributed by atoms with E-state index in [9.17, 15) is 18.2 Å². The SMILES string of the molecule is CC.CC(=O)Nc1cnc(S(=O)Nc2nc(-c3ccc(F)c(Cl)c3)c(C(N)=O)s2)c(C)c1. The molecule has 2 heterocycles. The van der Waals surface area contributed by atoms with E-state index < -0.39 is 22.7 Å². The summed E-state index contributed by atoms with van der Waals surface area (Å²) >= 11 is 6.72. The Morgan fingerprint density at radius 3 is 2.50 bits per heavy atom. The first-order valence-electron chi connectivity index (χ1n) is 9.34. The number of nitrogens with two attached hydrogens (primary N) is 1. The number of aromatic nitrogens is 2. The maximum atomic E-state index is 13.5. The molecule has 1 atom stereocenters. The Bertz CT molecular complexity index is 1190. The van der Waals surface area contributed by atoms with Crippen LogP contribution in [-0.2, 0) is 15.8 Å². The highest BCUT2D eigenvalue weighted by atomic mass is 35.5. The fourth-order valence-corrected chi connectivity index (χ4v) is 4.59. The van der Waals surface area contributed by atoms with E-state index in [1.165, 1.54) is 25.3 Å². The Balaban J connectivity index is 0.00000176. The number of amides is 2. The summed E-state index contributed by atoms with van der Waals surface area (Å²) in [5, 5.41) is 2.85. The third-order valence-corrected chi connectivity index (χ3v) is 6.31. The normalized spacial score (nSPS) is 11.2. The van der Waals surface area contributed by atoms with Gasteiger partial charge in [-0.1, -0.05) is 36.8 Å². The van der Waals surface area contributed by atoms with Crippen molar-refractivity contribution in [1.29, 1.82) is 0 Å². The van der Waals surface area contributed by atoms with Gasteiger partial charge in [-0.15, -0.1) is 0 Å². The van der Waals surface area contributed by atoms with Crippen molar-refractivity contribution in [3.8, 4) is 11.3 Å². The van der Waals surface area contributed by atoms with E-state index in [1.807, 2.05) is 13.8 Å². The first kappa shape index (κ1) is 25.4. The molecule has 0 aliphatic heterocycles. The number of rotatable bonds is 6. The smallest absolute Gasteiger partial charge is 0.261 e. The van der Waals surface area contributed by atoms with Crippen molar-refractivity contribution in [2.45, 2.75) is 32.7 Å². The molecule has 12 heteroatoms. The number of nitrogens with zero attached hydrogens (tertiary/aromatic N) is 2. The lowest BCUT2D eigenvalue weighted by atomic mass is 10.1. The quantitative estimate of drug-likeness (QED) is 0.461. The molecular weight excluding hydrogens is 477 g/mol. The van der Waals surface area contributed by atoms with Gasteiger partial charge in [0.15, 0.2) is 21.1 Å². The summed E-state index contributed by atoms with van der Waals surface area (Å²) in [6.45, 7) is 7.06. The van der Waals surface area contributed by atoms with Crippen LogP contribution in [0, 0.1) is 12.7 Å². The van der Waals surface area contributed by atoms with E-state index in [2.05, 4.69) is 20.0 Å². The highest BCUT2D eigenvalue weighted by Gasteiger charge is 2.20. The molecule has 0 aliphatic rings. The van der Waals surface area contributed by atoms with Crippen molar-refractivity contribution in [3.05, 3.63) is 51.7 Å². The summed E-state index contributed by atoms with van der Waals surface area (Å²) in [5.41, 5.74) is 7.06. The molecule has 1 aromatic carbocycles. The van der Waals surface area contributed by atoms with Crippen molar-refractivity contribution in [2.75, 3.05) is 10.0 Å². The minimum atomic E-state index is -1.80. The average molecular weight is 498 g/mol. The number of carbonyl (C=O) groups is 2. The maximum absolute atomic E-state index is 13.5. The largest absolute Gasteiger partial charge is 0.365 e. The fourth-order valence-electron chi connectivity index (χ4n) is 2.53. The van der Waals surface area contributed by atoms with Crippen LogP contribution >= 0.6 is 22.9 Å². The summed E-state index contributed by atoms with van der Waals surface area (Å²) < 4.78 is 28.9. The maximum Gasteiger partial charge on any atom is 0.261 e. The molecule has 0 saturated carbocycles. The lowest BCUT2D eigenvalue weighted by molar-refractivity contribution is -0.114. The summed E-state index contributed by atoms with van der Waals surface area (Å²) in [6.07, 6.45) is 1.38. The van der Waals surface area contributed by atoms with Crippen LogP contribution in [0.4, 0.5) is 15.2 Å². The van der Waals surface area contributed by atoms with Crippen LogP contribution in [0.5, 0.6) is 0 Å². The highest BCUT2D eigenvalue weighted by Crippen LogP contribution is 2.33. The third-order valence-electron chi connectivity index (χ3n) is 3.75. The van der Waals surface area contributed by atoms with Crippen LogP contribution in [-0.4, -0.2) is 26.0 Å². The van der Waals surface area contributed by atoms with Gasteiger partial charge in [-0.05, 0) is 36.8 Å². The van der Waals surface area contributed by atoms with Gasteiger partial charge < -0.3 is 11.1 Å². The fraction of sp³-hybridized carbons (Fsp3) is 0.200. The number of halogens is 2. The molecule has 2 aromatic heterocycles. The summed E-state index contributed by atoms with van der Waals surface area (Å²) in [5.74, 6) is -1.60. The molecule has 0 aliphatic carbocycles. The Hall–Kier alpha value is -2.89. The molecular formula is C20H21ClFN5O3S2. The van der Waals surface area contributed by atoms with Crippen LogP contribution < -0.4 is 15.8 Å². The van der Waals surface area contributed by atoms with Crippen molar-refractivity contribution >= 4 is 56.6 Å². The minimum absolute atomic E-state index is 0.0999. The molecule has 0 saturated heterocycles. The number of aryl methyl sites for hydroxylation is 1. The zero-order valence-electron chi connectivity index (χ0n) is 17.7. The molecule has 4 N–H and O–H groups in total. The zero-order chi connectivity index (χ0) is 24.0. The standard InChI is InChI=1S/C18H15ClFN5O3S2.C2H6/c1-8-5-11(23-9(2)26)7-22-17(8)30(28)25-18-24-14(15(29-18)16(21)27)10-3-4-13(20)12(19)6-10;1-2/h3-7H,1-2H3,(H2,21,27)(H,23,26)(H,24,25);1-2H3. The summed E-state index contributed by atoms with van der Waals surface area (Å²) in [6, 6.07) is 5.52. The van der Waals surface area contributed by atoms with Gasteiger partial charge in [-0.2, -0.15) is 0 Å². The number of nitrogens with one attached hydrogen (secondary N) is 2. The molecule has 3 aromatic rings. The molecule has 3 rings (SSSR count). The average Bonchev–Trinajstić information content (AvgIpc) is 3.15. The van der Waals surface area contributed by atoms with E-state index in [1.54, 1.807) is 13.0 Å². The second-order valence-electron chi connectivity index (χ2n) is 6.09. The van der Waals surface area contributed by atoms with Crippen LogP contribution in [0.15, 0.2) is 35.5 Å². The monoisotopic (exact) mass is 497 g/mol. The summed E-state index contributed by atoms with van der Waals surface area (Å²) in [7, 11) is -1.80. The second-order valence-corrected chi connectivity index (χ2v) is 8.62. The van der Waals surface area contributed by atoms with Crippen molar-refractivity contribution in [2.24, 2.45) is 5.73 Å². The van der Waals surface area contributed by atoms with E-state index in [4.69, 9.17) is 17.3 Å². The zero-order valence-corrected chi connectivity index (χ0v) is 20.0. The predicted octanol–water partition coefficient (Wildman–Crippen LogP) is 4.52. The second kappa shape index (κ2) is 11.1. The minimum Gasteiger partial charge on any atom is -0.365 e. The molecule has 0 bridgehead atoms. The molecule has 8 nitrogen and oxygen atoms in total. The Kier molecular flexibility index (Phi) is 8.81. The van der Waals surface area contributed by atoms with Gasteiger partial charge in [-0.3, -0.25) is 14.3 Å². The lowest BCUT2D eigenvalue weighted by Crippen LogP contribution is -2.10. The first-order valence-corrected chi connectivity index (χ1v) is 11.7. The third kappa shape index (κ3) is 6.09. The number of thiazole rings is 1. The topological polar surface area (TPSA) is 127 Å². The van der Waals surface area contributed by atoms with E-state index in [0.29, 0.717) is 16.8 Å². The number of anilines is 2. The Labute approximate surface area is 196 Å².